The van der Waals surface area contributed by atoms with Crippen LogP contribution in [0.15, 0.2) is 91.6 Å². The van der Waals surface area contributed by atoms with Crippen molar-refractivity contribution < 1.29 is 9.53 Å². The molecule has 1 N–H and O–H groups in total. The maximum Gasteiger partial charge on any atom is 0.335 e. The number of carbonyl (C=O) groups is 1. The molecule has 0 atom stereocenters. The molecule has 31 heavy (non-hydrogen) atoms. The number of aromatic amines is 1. The van der Waals surface area contributed by atoms with E-state index in [1.54, 1.807) is 0 Å². The largest absolute Gasteiger partial charge is 0.423 e. The average Bonchev–Trinajstić information content (AvgIpc) is 3.28. The molecule has 3 heteroatoms. The van der Waals surface area contributed by atoms with Crippen molar-refractivity contribution in [1.29, 1.82) is 0 Å². The van der Waals surface area contributed by atoms with Gasteiger partial charge in [-0.25, -0.2) is 4.79 Å². The molecule has 1 aliphatic carbocycles. The van der Waals surface area contributed by atoms with Gasteiger partial charge in [0.25, 0.3) is 0 Å². The topological polar surface area (TPSA) is 42.1 Å². The number of H-pyrrole nitrogens is 1. The number of benzene rings is 3. The maximum atomic E-state index is 12.0. The normalized spacial score (nSPS) is 14.7. The Hall–Kier alpha value is -3.85. The van der Waals surface area contributed by atoms with Crippen molar-refractivity contribution in [3.63, 3.8) is 0 Å². The van der Waals surface area contributed by atoms with E-state index < -0.39 is 5.97 Å². The van der Waals surface area contributed by atoms with Crippen molar-refractivity contribution in [3.05, 3.63) is 114 Å². The third-order valence-corrected chi connectivity index (χ3v) is 5.89. The summed E-state index contributed by atoms with van der Waals surface area (Å²) in [5, 5.41) is 1.15. The van der Waals surface area contributed by atoms with Crippen LogP contribution in [0.1, 0.15) is 35.1 Å². The molecule has 0 amide bonds. The Balaban J connectivity index is 1.80. The van der Waals surface area contributed by atoms with Gasteiger partial charge in [0.1, 0.15) is 5.75 Å². The van der Waals surface area contributed by atoms with Gasteiger partial charge in [0, 0.05) is 23.4 Å². The zero-order valence-corrected chi connectivity index (χ0v) is 17.2. The maximum absolute atomic E-state index is 12.0. The SMILES string of the molecule is C=CC(=O)Oc1ccccc1/C(=C1\CCCc2ccccc21)c1ccc2[nH]ccc2c1. The molecule has 0 unspecified atom stereocenters. The Morgan fingerprint density at radius 2 is 1.81 bits per heavy atom. The van der Waals surface area contributed by atoms with Crippen molar-refractivity contribution in [2.75, 3.05) is 0 Å². The van der Waals surface area contributed by atoms with Crippen LogP contribution < -0.4 is 4.74 Å². The third-order valence-electron chi connectivity index (χ3n) is 5.89. The molecular formula is C28H23NO2. The van der Waals surface area contributed by atoms with Crippen LogP contribution in [0.5, 0.6) is 5.75 Å². The van der Waals surface area contributed by atoms with Crippen LogP contribution in [0.3, 0.4) is 0 Å². The van der Waals surface area contributed by atoms with Crippen LogP contribution in [0.4, 0.5) is 0 Å². The number of allylic oxidation sites excluding steroid dienone is 1. The molecule has 0 fully saturated rings. The van der Waals surface area contributed by atoms with Crippen LogP contribution in [0.25, 0.3) is 22.0 Å². The smallest absolute Gasteiger partial charge is 0.335 e. The summed E-state index contributed by atoms with van der Waals surface area (Å²) in [7, 11) is 0. The minimum Gasteiger partial charge on any atom is -0.423 e. The van der Waals surface area contributed by atoms with E-state index in [4.69, 9.17) is 4.74 Å². The Morgan fingerprint density at radius 3 is 2.71 bits per heavy atom. The van der Waals surface area contributed by atoms with Gasteiger partial charge in [-0.3, -0.25) is 0 Å². The van der Waals surface area contributed by atoms with Gasteiger partial charge >= 0.3 is 5.97 Å². The molecule has 1 aromatic heterocycles. The van der Waals surface area contributed by atoms with E-state index in [-0.39, 0.29) is 0 Å². The lowest BCUT2D eigenvalue weighted by Gasteiger charge is -2.24. The molecule has 0 radical (unpaired) electrons. The molecule has 1 heterocycles. The number of aromatic nitrogens is 1. The second-order valence-corrected chi connectivity index (χ2v) is 7.77. The van der Waals surface area contributed by atoms with Crippen molar-refractivity contribution in [2.45, 2.75) is 19.3 Å². The summed E-state index contributed by atoms with van der Waals surface area (Å²) in [6.45, 7) is 3.55. The molecule has 0 aliphatic heterocycles. The van der Waals surface area contributed by atoms with Crippen molar-refractivity contribution >= 4 is 28.0 Å². The van der Waals surface area contributed by atoms with Gasteiger partial charge in [-0.2, -0.15) is 0 Å². The van der Waals surface area contributed by atoms with E-state index >= 15 is 0 Å². The molecule has 3 aromatic carbocycles. The van der Waals surface area contributed by atoms with Crippen LogP contribution in [-0.2, 0) is 11.2 Å². The summed E-state index contributed by atoms with van der Waals surface area (Å²) in [6, 6.07) is 24.9. The number of fused-ring (bicyclic) bond motifs is 2. The number of esters is 1. The highest BCUT2D eigenvalue weighted by molar-refractivity contribution is 6.03. The van der Waals surface area contributed by atoms with Gasteiger partial charge in [0.2, 0.25) is 0 Å². The van der Waals surface area contributed by atoms with Crippen molar-refractivity contribution in [1.82, 2.24) is 4.98 Å². The second kappa shape index (κ2) is 8.11. The number of ether oxygens (including phenoxy) is 1. The van der Waals surface area contributed by atoms with E-state index in [0.29, 0.717) is 5.75 Å². The molecule has 1 aliphatic rings. The standard InChI is InChI=1S/C28H23NO2/c1-2-27(30)31-26-13-6-5-11-24(26)28(21-14-15-25-20(18-21)16-17-29-25)23-12-7-9-19-8-3-4-10-22(19)23/h2-6,8,10-11,13-18,29H,1,7,9,12H2/b28-23+. The van der Waals surface area contributed by atoms with E-state index in [9.17, 15) is 4.79 Å². The molecule has 3 nitrogen and oxygen atoms in total. The fourth-order valence-corrected chi connectivity index (χ4v) is 4.50. The Bertz CT molecular complexity index is 1330. The molecule has 152 valence electrons. The van der Waals surface area contributed by atoms with Gasteiger partial charge < -0.3 is 9.72 Å². The summed E-state index contributed by atoms with van der Waals surface area (Å²) in [5.41, 5.74) is 8.18. The number of para-hydroxylation sites is 1. The van der Waals surface area contributed by atoms with Crippen LogP contribution in [0.2, 0.25) is 0 Å². The molecule has 0 spiro atoms. The summed E-state index contributed by atoms with van der Waals surface area (Å²) < 4.78 is 5.65. The number of carbonyl (C=O) groups excluding carboxylic acids is 1. The highest BCUT2D eigenvalue weighted by Crippen LogP contribution is 2.42. The number of nitrogens with one attached hydrogen (secondary N) is 1. The zero-order valence-electron chi connectivity index (χ0n) is 17.2. The third kappa shape index (κ3) is 3.59. The van der Waals surface area contributed by atoms with Gasteiger partial charge in [-0.05, 0) is 76.8 Å². The molecule has 0 bridgehead atoms. The fourth-order valence-electron chi connectivity index (χ4n) is 4.50. The molecular weight excluding hydrogens is 382 g/mol. The molecule has 4 aromatic rings. The quantitative estimate of drug-likeness (QED) is 0.237. The lowest BCUT2D eigenvalue weighted by atomic mass is 9.80. The lowest BCUT2D eigenvalue weighted by Crippen LogP contribution is -2.08. The Kier molecular flexibility index (Phi) is 5.01. The highest BCUT2D eigenvalue weighted by Gasteiger charge is 2.22. The van der Waals surface area contributed by atoms with E-state index in [1.165, 1.54) is 22.8 Å². The first kappa shape index (κ1) is 19.1. The van der Waals surface area contributed by atoms with Gasteiger partial charge in [0.15, 0.2) is 0 Å². The summed E-state index contributed by atoms with van der Waals surface area (Å²) in [6.07, 6.45) is 6.30. The van der Waals surface area contributed by atoms with Crippen LogP contribution in [0, 0.1) is 0 Å². The summed E-state index contributed by atoms with van der Waals surface area (Å²) in [4.78, 5) is 15.3. The second-order valence-electron chi connectivity index (χ2n) is 7.77. The van der Waals surface area contributed by atoms with Crippen LogP contribution in [-0.4, -0.2) is 11.0 Å². The number of aryl methyl sites for hydroxylation is 1. The number of hydrogen-bond acceptors (Lipinski definition) is 2. The van der Waals surface area contributed by atoms with E-state index in [0.717, 1.165) is 46.9 Å². The van der Waals surface area contributed by atoms with E-state index in [2.05, 4.69) is 60.1 Å². The summed E-state index contributed by atoms with van der Waals surface area (Å²) >= 11 is 0. The Morgan fingerprint density at radius 1 is 0.968 bits per heavy atom. The van der Waals surface area contributed by atoms with Crippen LogP contribution >= 0.6 is 0 Å². The predicted octanol–water partition coefficient (Wildman–Crippen LogP) is 6.55. The van der Waals surface area contributed by atoms with Gasteiger partial charge in [-0.15, -0.1) is 0 Å². The van der Waals surface area contributed by atoms with Gasteiger partial charge in [0.05, 0.1) is 0 Å². The molecule has 0 saturated heterocycles. The highest BCUT2D eigenvalue weighted by atomic mass is 16.5. The van der Waals surface area contributed by atoms with Crippen molar-refractivity contribution in [2.24, 2.45) is 0 Å². The monoisotopic (exact) mass is 405 g/mol. The first-order chi connectivity index (χ1) is 15.2. The average molecular weight is 405 g/mol. The van der Waals surface area contributed by atoms with Crippen molar-refractivity contribution in [3.8, 4) is 5.75 Å². The zero-order chi connectivity index (χ0) is 21.2. The number of rotatable bonds is 4. The first-order valence-electron chi connectivity index (χ1n) is 10.6. The minimum absolute atomic E-state index is 0.457. The minimum atomic E-state index is -0.457. The van der Waals surface area contributed by atoms with Gasteiger partial charge in [-0.1, -0.05) is 55.1 Å². The molecule has 5 rings (SSSR count). The molecule has 0 saturated carbocycles. The fraction of sp³-hybridized carbons (Fsp3) is 0.107. The number of hydrogen-bond donors (Lipinski definition) is 1. The Labute approximate surface area is 181 Å². The van der Waals surface area contributed by atoms with E-state index in [1.807, 2.05) is 30.5 Å². The first-order valence-corrected chi connectivity index (χ1v) is 10.6. The lowest BCUT2D eigenvalue weighted by molar-refractivity contribution is -0.128. The predicted molar refractivity (Wildman–Crippen MR) is 126 cm³/mol. The summed E-state index contributed by atoms with van der Waals surface area (Å²) in [5.74, 6) is 0.0917.